The maximum Gasteiger partial charge on any atom is 0.220 e. The number of hydrogen-bond donors (Lipinski definition) is 1. The van der Waals surface area contributed by atoms with Crippen LogP contribution in [0.15, 0.2) is 28.7 Å². The largest absolute Gasteiger partial charge is 0.497 e. The van der Waals surface area contributed by atoms with Crippen molar-refractivity contribution in [1.82, 2.24) is 15.5 Å². The predicted octanol–water partition coefficient (Wildman–Crippen LogP) is 2.14. The Kier molecular flexibility index (Phi) is 3.97. The van der Waals surface area contributed by atoms with E-state index in [1.165, 1.54) is 0 Å². The first-order valence-corrected chi connectivity index (χ1v) is 7.01. The van der Waals surface area contributed by atoms with Crippen LogP contribution in [-0.4, -0.2) is 30.4 Å². The molecule has 0 unspecified atom stereocenters. The zero-order valence-corrected chi connectivity index (χ0v) is 11.6. The van der Waals surface area contributed by atoms with Gasteiger partial charge in [0.25, 0.3) is 0 Å². The van der Waals surface area contributed by atoms with Gasteiger partial charge in [0.1, 0.15) is 5.75 Å². The first kappa shape index (κ1) is 13.1. The average Bonchev–Trinajstić information content (AvgIpc) is 2.97. The number of methoxy groups -OCH3 is 1. The van der Waals surface area contributed by atoms with Gasteiger partial charge < -0.3 is 14.5 Å². The molecule has 0 atom stereocenters. The highest BCUT2D eigenvalue weighted by Gasteiger charge is 2.21. The number of aromatic nitrogens is 2. The summed E-state index contributed by atoms with van der Waals surface area (Å²) in [7, 11) is 1.66. The van der Waals surface area contributed by atoms with Crippen LogP contribution in [0.2, 0.25) is 0 Å². The molecule has 0 amide bonds. The lowest BCUT2D eigenvalue weighted by molar-refractivity contribution is 0.363. The lowest BCUT2D eigenvalue weighted by atomic mass is 9.98. The van der Waals surface area contributed by atoms with Crippen molar-refractivity contribution in [2.24, 2.45) is 0 Å². The fourth-order valence-electron chi connectivity index (χ4n) is 2.49. The van der Waals surface area contributed by atoms with E-state index in [9.17, 15) is 0 Å². The fraction of sp³-hybridized carbons (Fsp3) is 0.467. The Morgan fingerprint density at radius 1 is 1.20 bits per heavy atom. The first-order chi connectivity index (χ1) is 9.85. The molecule has 0 radical (unpaired) electrons. The van der Waals surface area contributed by atoms with Gasteiger partial charge in [-0.25, -0.2) is 0 Å². The summed E-state index contributed by atoms with van der Waals surface area (Å²) in [5, 5.41) is 11.7. The summed E-state index contributed by atoms with van der Waals surface area (Å²) in [6.07, 6.45) is 2.82. The van der Waals surface area contributed by atoms with Gasteiger partial charge in [-0.1, -0.05) is 12.1 Å². The Hall–Kier alpha value is -1.88. The molecule has 0 aliphatic carbocycles. The van der Waals surface area contributed by atoms with Crippen LogP contribution in [0.5, 0.6) is 5.75 Å². The van der Waals surface area contributed by atoms with E-state index in [2.05, 4.69) is 15.5 Å². The van der Waals surface area contributed by atoms with E-state index in [1.54, 1.807) is 7.11 Å². The summed E-state index contributed by atoms with van der Waals surface area (Å²) in [5.74, 6) is 2.74. The van der Waals surface area contributed by atoms with E-state index in [-0.39, 0.29) is 0 Å². The molecular formula is C15H19N3O2. The fourth-order valence-corrected chi connectivity index (χ4v) is 2.49. The second-order valence-corrected chi connectivity index (χ2v) is 5.08. The minimum Gasteiger partial charge on any atom is -0.497 e. The molecule has 1 aromatic carbocycles. The van der Waals surface area contributed by atoms with Gasteiger partial charge in [0.15, 0.2) is 0 Å². The number of ether oxygens (including phenoxy) is 1. The number of rotatable bonds is 4. The Morgan fingerprint density at radius 2 is 1.95 bits per heavy atom. The van der Waals surface area contributed by atoms with E-state index >= 15 is 0 Å². The predicted molar refractivity (Wildman–Crippen MR) is 74.9 cm³/mol. The average molecular weight is 273 g/mol. The number of nitrogens with zero attached hydrogens (tertiary/aromatic N) is 2. The summed E-state index contributed by atoms with van der Waals surface area (Å²) in [6.45, 7) is 2.06. The van der Waals surface area contributed by atoms with E-state index in [1.807, 2.05) is 24.3 Å². The quantitative estimate of drug-likeness (QED) is 0.924. The molecule has 20 heavy (non-hydrogen) atoms. The highest BCUT2D eigenvalue weighted by Crippen LogP contribution is 2.24. The lowest BCUT2D eigenvalue weighted by Gasteiger charge is -2.18. The molecule has 1 N–H and O–H groups in total. The van der Waals surface area contributed by atoms with Crippen molar-refractivity contribution in [2.45, 2.75) is 25.2 Å². The van der Waals surface area contributed by atoms with Gasteiger partial charge in [-0.3, -0.25) is 0 Å². The maximum atomic E-state index is 5.80. The monoisotopic (exact) mass is 273 g/mol. The van der Waals surface area contributed by atoms with Crippen molar-refractivity contribution in [3.8, 4) is 5.75 Å². The van der Waals surface area contributed by atoms with Crippen molar-refractivity contribution in [1.29, 1.82) is 0 Å². The zero-order valence-electron chi connectivity index (χ0n) is 11.6. The number of nitrogens with one attached hydrogen (secondary N) is 1. The minimum atomic E-state index is 0.411. The van der Waals surface area contributed by atoms with Crippen LogP contribution in [0.1, 0.15) is 36.1 Å². The summed E-state index contributed by atoms with van der Waals surface area (Å²) in [6, 6.07) is 7.93. The van der Waals surface area contributed by atoms with Crippen LogP contribution in [0.25, 0.3) is 0 Å². The molecule has 0 saturated carbocycles. The number of hydrogen-bond acceptors (Lipinski definition) is 5. The third-order valence-electron chi connectivity index (χ3n) is 3.69. The summed E-state index contributed by atoms with van der Waals surface area (Å²) >= 11 is 0. The standard InChI is InChI=1S/C15H19N3O2/c1-19-13-4-2-11(3-5-13)10-14-17-18-15(20-14)12-6-8-16-9-7-12/h2-5,12,16H,6-10H2,1H3. The molecule has 0 spiro atoms. The Labute approximate surface area is 118 Å². The molecule has 1 aromatic heterocycles. The summed E-state index contributed by atoms with van der Waals surface area (Å²) in [5.41, 5.74) is 1.14. The topological polar surface area (TPSA) is 60.2 Å². The summed E-state index contributed by atoms with van der Waals surface area (Å²) in [4.78, 5) is 0. The van der Waals surface area contributed by atoms with E-state index < -0.39 is 0 Å². The Balaban J connectivity index is 1.66. The molecule has 3 rings (SSSR count). The number of benzene rings is 1. The van der Waals surface area contributed by atoms with E-state index in [0.717, 1.165) is 43.1 Å². The molecule has 1 fully saturated rings. The highest BCUT2D eigenvalue weighted by molar-refractivity contribution is 5.28. The molecule has 5 heteroatoms. The molecular weight excluding hydrogens is 254 g/mol. The minimum absolute atomic E-state index is 0.411. The third kappa shape index (κ3) is 2.99. The highest BCUT2D eigenvalue weighted by atomic mass is 16.5. The van der Waals surface area contributed by atoms with Crippen molar-refractivity contribution in [3.05, 3.63) is 41.6 Å². The number of piperidine rings is 1. The second kappa shape index (κ2) is 6.05. The normalized spacial score (nSPS) is 16.2. The lowest BCUT2D eigenvalue weighted by Crippen LogP contribution is -2.26. The van der Waals surface area contributed by atoms with Crippen molar-refractivity contribution < 1.29 is 9.15 Å². The van der Waals surface area contributed by atoms with Gasteiger partial charge in [-0.2, -0.15) is 0 Å². The van der Waals surface area contributed by atoms with Gasteiger partial charge in [0.05, 0.1) is 13.5 Å². The maximum absolute atomic E-state index is 5.80. The van der Waals surface area contributed by atoms with Gasteiger partial charge in [-0.05, 0) is 43.6 Å². The van der Waals surface area contributed by atoms with Crippen LogP contribution in [0.3, 0.4) is 0 Å². The molecule has 0 bridgehead atoms. The smallest absolute Gasteiger partial charge is 0.220 e. The van der Waals surface area contributed by atoms with Crippen LogP contribution >= 0.6 is 0 Å². The van der Waals surface area contributed by atoms with Crippen LogP contribution in [0, 0.1) is 0 Å². The van der Waals surface area contributed by atoms with Gasteiger partial charge in [0.2, 0.25) is 11.8 Å². The van der Waals surface area contributed by atoms with Crippen molar-refractivity contribution >= 4 is 0 Å². The Bertz CT molecular complexity index is 545. The molecule has 106 valence electrons. The molecule has 2 aromatic rings. The summed E-state index contributed by atoms with van der Waals surface area (Å²) < 4.78 is 10.9. The third-order valence-corrected chi connectivity index (χ3v) is 3.69. The second-order valence-electron chi connectivity index (χ2n) is 5.08. The Morgan fingerprint density at radius 3 is 2.65 bits per heavy atom. The van der Waals surface area contributed by atoms with Gasteiger partial charge in [-0.15, -0.1) is 10.2 Å². The molecule has 1 saturated heterocycles. The van der Waals surface area contributed by atoms with Crippen LogP contribution in [-0.2, 0) is 6.42 Å². The van der Waals surface area contributed by atoms with Gasteiger partial charge in [0, 0.05) is 5.92 Å². The van der Waals surface area contributed by atoms with Crippen LogP contribution < -0.4 is 10.1 Å². The SMILES string of the molecule is COc1ccc(Cc2nnc(C3CCNCC3)o2)cc1. The molecule has 5 nitrogen and oxygen atoms in total. The molecule has 1 aliphatic heterocycles. The van der Waals surface area contributed by atoms with Crippen LogP contribution in [0.4, 0.5) is 0 Å². The van der Waals surface area contributed by atoms with E-state index in [4.69, 9.17) is 9.15 Å². The zero-order chi connectivity index (χ0) is 13.8. The van der Waals surface area contributed by atoms with Gasteiger partial charge >= 0.3 is 0 Å². The molecule has 1 aliphatic rings. The van der Waals surface area contributed by atoms with Crippen molar-refractivity contribution in [2.75, 3.05) is 20.2 Å². The first-order valence-electron chi connectivity index (χ1n) is 7.01. The van der Waals surface area contributed by atoms with E-state index in [0.29, 0.717) is 18.2 Å². The van der Waals surface area contributed by atoms with Crippen molar-refractivity contribution in [3.63, 3.8) is 0 Å². The molecule has 2 heterocycles.